The van der Waals surface area contributed by atoms with Crippen LogP contribution in [0.2, 0.25) is 0 Å². The molecule has 1 heterocycles. The number of rotatable bonds is 6. The van der Waals surface area contributed by atoms with Gasteiger partial charge in [-0.3, -0.25) is 9.59 Å². The summed E-state index contributed by atoms with van der Waals surface area (Å²) < 4.78 is 6.10. The summed E-state index contributed by atoms with van der Waals surface area (Å²) in [4.78, 5) is 30.8. The standard InChI is InChI=1S/C21H20BrN3O3S/c1-13-10-15(22)6-9-17(13)23-19(26)11-25(2)21(27)18-12-29-20(24-18)14-4-7-16(28-3)8-5-14/h4-10,12H,11H2,1-3H3,(H,23,26). The van der Waals surface area contributed by atoms with Crippen LogP contribution in [0.25, 0.3) is 10.6 Å². The monoisotopic (exact) mass is 473 g/mol. The lowest BCUT2D eigenvalue weighted by Crippen LogP contribution is -2.35. The molecule has 0 aliphatic heterocycles. The number of aryl methyl sites for hydroxylation is 1. The number of benzene rings is 2. The van der Waals surface area contributed by atoms with Crippen molar-refractivity contribution in [1.82, 2.24) is 9.88 Å². The minimum atomic E-state index is -0.302. The minimum Gasteiger partial charge on any atom is -0.497 e. The smallest absolute Gasteiger partial charge is 0.273 e. The zero-order valence-corrected chi connectivity index (χ0v) is 18.6. The topological polar surface area (TPSA) is 71.5 Å². The zero-order chi connectivity index (χ0) is 21.0. The van der Waals surface area contributed by atoms with E-state index in [0.29, 0.717) is 5.69 Å². The van der Waals surface area contributed by atoms with Crippen molar-refractivity contribution >= 4 is 44.8 Å². The summed E-state index contributed by atoms with van der Waals surface area (Å²) in [5.74, 6) is 0.189. The normalized spacial score (nSPS) is 10.5. The van der Waals surface area contributed by atoms with Gasteiger partial charge in [0.15, 0.2) is 0 Å². The molecule has 0 saturated carbocycles. The highest BCUT2D eigenvalue weighted by Crippen LogP contribution is 2.26. The van der Waals surface area contributed by atoms with Crippen LogP contribution in [0.15, 0.2) is 52.3 Å². The summed E-state index contributed by atoms with van der Waals surface area (Å²) >= 11 is 4.78. The van der Waals surface area contributed by atoms with Gasteiger partial charge < -0.3 is 15.0 Å². The Morgan fingerprint density at radius 2 is 1.93 bits per heavy atom. The molecule has 6 nitrogen and oxygen atoms in total. The third-order valence-electron chi connectivity index (χ3n) is 4.25. The molecule has 0 aliphatic rings. The van der Waals surface area contributed by atoms with Crippen molar-refractivity contribution in [2.24, 2.45) is 0 Å². The summed E-state index contributed by atoms with van der Waals surface area (Å²) in [7, 11) is 3.20. The third-order valence-corrected chi connectivity index (χ3v) is 5.63. The van der Waals surface area contributed by atoms with E-state index in [1.54, 1.807) is 19.5 Å². The van der Waals surface area contributed by atoms with E-state index in [2.05, 4.69) is 26.2 Å². The number of thiazole rings is 1. The summed E-state index contributed by atoms with van der Waals surface area (Å²) in [5, 5.41) is 5.27. The van der Waals surface area contributed by atoms with Gasteiger partial charge >= 0.3 is 0 Å². The van der Waals surface area contributed by atoms with Crippen LogP contribution in [-0.4, -0.2) is 42.4 Å². The van der Waals surface area contributed by atoms with E-state index in [1.165, 1.54) is 16.2 Å². The molecule has 2 amide bonds. The Balaban J connectivity index is 1.63. The lowest BCUT2D eigenvalue weighted by atomic mass is 10.2. The minimum absolute atomic E-state index is 0.0657. The van der Waals surface area contributed by atoms with Crippen LogP contribution < -0.4 is 10.1 Å². The van der Waals surface area contributed by atoms with Gasteiger partial charge in [-0.2, -0.15) is 0 Å². The summed E-state index contributed by atoms with van der Waals surface area (Å²) in [5.41, 5.74) is 2.87. The number of carbonyl (C=O) groups is 2. The second-order valence-electron chi connectivity index (χ2n) is 6.44. The number of ether oxygens (including phenoxy) is 1. The SMILES string of the molecule is COc1ccc(-c2nc(C(=O)N(C)CC(=O)Nc3ccc(Br)cc3C)cs2)cc1. The van der Waals surface area contributed by atoms with Crippen LogP contribution in [0, 0.1) is 6.92 Å². The maximum absolute atomic E-state index is 12.7. The molecular weight excluding hydrogens is 454 g/mol. The van der Waals surface area contributed by atoms with E-state index in [0.717, 1.165) is 32.0 Å². The van der Waals surface area contributed by atoms with Crippen LogP contribution in [0.3, 0.4) is 0 Å². The van der Waals surface area contributed by atoms with Gasteiger partial charge in [0.1, 0.15) is 16.5 Å². The fourth-order valence-electron chi connectivity index (χ4n) is 2.68. The molecule has 0 fully saturated rings. The van der Waals surface area contributed by atoms with Crippen molar-refractivity contribution in [3.8, 4) is 16.3 Å². The van der Waals surface area contributed by atoms with E-state index in [4.69, 9.17) is 4.74 Å². The van der Waals surface area contributed by atoms with Crippen LogP contribution in [0.4, 0.5) is 5.69 Å². The van der Waals surface area contributed by atoms with E-state index in [1.807, 2.05) is 49.4 Å². The molecule has 0 bridgehead atoms. The number of amides is 2. The molecule has 29 heavy (non-hydrogen) atoms. The Morgan fingerprint density at radius 1 is 1.21 bits per heavy atom. The predicted molar refractivity (Wildman–Crippen MR) is 119 cm³/mol. The first kappa shape index (κ1) is 21.0. The third kappa shape index (κ3) is 5.21. The lowest BCUT2D eigenvalue weighted by Gasteiger charge is -2.16. The molecule has 0 aliphatic carbocycles. The van der Waals surface area contributed by atoms with Crippen LogP contribution in [-0.2, 0) is 4.79 Å². The van der Waals surface area contributed by atoms with E-state index >= 15 is 0 Å². The van der Waals surface area contributed by atoms with Crippen molar-refractivity contribution < 1.29 is 14.3 Å². The van der Waals surface area contributed by atoms with E-state index in [-0.39, 0.29) is 18.4 Å². The van der Waals surface area contributed by atoms with Gasteiger partial charge in [-0.25, -0.2) is 4.98 Å². The summed E-state index contributed by atoms with van der Waals surface area (Å²) in [6.07, 6.45) is 0. The van der Waals surface area contributed by atoms with Gasteiger partial charge in [-0.15, -0.1) is 11.3 Å². The number of nitrogens with one attached hydrogen (secondary N) is 1. The number of aromatic nitrogens is 1. The van der Waals surface area contributed by atoms with Gasteiger partial charge in [0.05, 0.1) is 13.7 Å². The fourth-order valence-corrected chi connectivity index (χ4v) is 3.95. The number of hydrogen-bond acceptors (Lipinski definition) is 5. The second kappa shape index (κ2) is 9.19. The molecule has 0 saturated heterocycles. The molecular formula is C21H20BrN3O3S. The average molecular weight is 474 g/mol. The number of carbonyl (C=O) groups excluding carboxylic acids is 2. The maximum atomic E-state index is 12.7. The number of anilines is 1. The van der Waals surface area contributed by atoms with Crippen molar-refractivity contribution in [3.63, 3.8) is 0 Å². The first-order chi connectivity index (χ1) is 13.9. The molecule has 2 aromatic carbocycles. The van der Waals surface area contributed by atoms with Gasteiger partial charge in [-0.05, 0) is 55.0 Å². The molecule has 0 radical (unpaired) electrons. The summed E-state index contributed by atoms with van der Waals surface area (Å²) in [6.45, 7) is 1.84. The summed E-state index contributed by atoms with van der Waals surface area (Å²) in [6, 6.07) is 13.1. The first-order valence-electron chi connectivity index (χ1n) is 8.79. The number of likely N-dealkylation sites (N-methyl/N-ethyl adjacent to an activating group) is 1. The first-order valence-corrected chi connectivity index (χ1v) is 10.5. The Hall–Kier alpha value is -2.71. The van der Waals surface area contributed by atoms with Crippen LogP contribution in [0.1, 0.15) is 16.1 Å². The maximum Gasteiger partial charge on any atom is 0.273 e. The molecule has 0 unspecified atom stereocenters. The Bertz CT molecular complexity index is 1030. The molecule has 1 N–H and O–H groups in total. The highest BCUT2D eigenvalue weighted by atomic mass is 79.9. The Morgan fingerprint density at radius 3 is 2.59 bits per heavy atom. The molecule has 1 aromatic heterocycles. The Kier molecular flexibility index (Phi) is 6.66. The van der Waals surface area contributed by atoms with E-state index in [9.17, 15) is 9.59 Å². The quantitative estimate of drug-likeness (QED) is 0.567. The van der Waals surface area contributed by atoms with Crippen LogP contribution in [0.5, 0.6) is 5.75 Å². The fraction of sp³-hybridized carbons (Fsp3) is 0.190. The highest BCUT2D eigenvalue weighted by Gasteiger charge is 2.19. The molecule has 150 valence electrons. The molecule has 3 aromatic rings. The molecule has 3 rings (SSSR count). The van der Waals surface area contributed by atoms with E-state index < -0.39 is 0 Å². The lowest BCUT2D eigenvalue weighted by molar-refractivity contribution is -0.116. The van der Waals surface area contributed by atoms with Gasteiger partial charge in [0, 0.05) is 28.2 Å². The predicted octanol–water partition coefficient (Wildman–Crippen LogP) is 4.60. The number of nitrogens with zero attached hydrogens (tertiary/aromatic N) is 2. The largest absolute Gasteiger partial charge is 0.497 e. The van der Waals surface area contributed by atoms with Gasteiger partial charge in [0.25, 0.3) is 5.91 Å². The zero-order valence-electron chi connectivity index (χ0n) is 16.2. The van der Waals surface area contributed by atoms with Crippen molar-refractivity contribution in [2.75, 3.05) is 26.0 Å². The number of methoxy groups -OCH3 is 1. The van der Waals surface area contributed by atoms with Crippen LogP contribution >= 0.6 is 27.3 Å². The van der Waals surface area contributed by atoms with Crippen molar-refractivity contribution in [1.29, 1.82) is 0 Å². The molecule has 0 spiro atoms. The Labute approximate surface area is 181 Å². The van der Waals surface area contributed by atoms with Crippen molar-refractivity contribution in [3.05, 3.63) is 63.6 Å². The number of hydrogen-bond donors (Lipinski definition) is 1. The van der Waals surface area contributed by atoms with Gasteiger partial charge in [-0.1, -0.05) is 15.9 Å². The molecule has 8 heteroatoms. The second-order valence-corrected chi connectivity index (χ2v) is 8.21. The average Bonchev–Trinajstić information content (AvgIpc) is 3.19. The molecule has 0 atom stereocenters. The van der Waals surface area contributed by atoms with Crippen molar-refractivity contribution in [2.45, 2.75) is 6.92 Å². The van der Waals surface area contributed by atoms with Gasteiger partial charge in [0.2, 0.25) is 5.91 Å². The highest BCUT2D eigenvalue weighted by molar-refractivity contribution is 9.10. The number of halogens is 1.